The number of thioether (sulfide) groups is 5. The Morgan fingerprint density at radius 3 is 0.904 bits per heavy atom. The number of hydrogen-bond acceptors (Lipinski definition) is 31. The molecular formula is C76H115Cl3N6O25S5. The molecule has 5 amide bonds. The number of alkyl halides is 3. The van der Waals surface area contributed by atoms with E-state index >= 15 is 0 Å². The third kappa shape index (κ3) is 35.3. The number of carbonyl (C=O) groups is 11. The lowest BCUT2D eigenvalue weighted by Crippen LogP contribution is -2.61. The number of aliphatic hydroxyl groups is 3. The van der Waals surface area contributed by atoms with Crippen molar-refractivity contribution in [1.82, 2.24) is 26.6 Å². The summed E-state index contributed by atoms with van der Waals surface area (Å²) in [6.07, 6.45) is -2.46. The van der Waals surface area contributed by atoms with E-state index in [1.165, 1.54) is 123 Å². The van der Waals surface area contributed by atoms with Gasteiger partial charge in [-0.2, -0.15) is 0 Å². The number of hydrogen-bond donors (Lipinski definition) is 9. The van der Waals surface area contributed by atoms with E-state index in [0.29, 0.717) is 30.5 Å². The molecule has 0 spiro atoms. The van der Waals surface area contributed by atoms with E-state index in [9.17, 15) is 68.1 Å². The Morgan fingerprint density at radius 1 is 0.348 bits per heavy atom. The van der Waals surface area contributed by atoms with Gasteiger partial charge in [0, 0.05) is 97.2 Å². The average Bonchev–Trinajstić information content (AvgIpc) is 0.825. The van der Waals surface area contributed by atoms with Gasteiger partial charge in [-0.15, -0.1) is 58.8 Å². The highest BCUT2D eigenvalue weighted by Crippen LogP contribution is 2.46. The molecule has 5 heterocycles. The molecule has 39 heteroatoms. The molecule has 31 nitrogen and oxygen atoms in total. The van der Waals surface area contributed by atoms with Crippen molar-refractivity contribution in [3.05, 3.63) is 48.5 Å². The summed E-state index contributed by atoms with van der Waals surface area (Å²) >= 11 is 23.9. The normalized spacial score (nSPS) is 30.5. The fourth-order valence-corrected chi connectivity index (χ4v) is 20.4. The van der Waals surface area contributed by atoms with Crippen LogP contribution in [0, 0.1) is 52.8 Å². The molecule has 2 aromatic rings. The summed E-state index contributed by atoms with van der Waals surface area (Å²) < 4.78 is 56.6. The maximum atomic E-state index is 11.7. The average molecular weight is 1780 g/mol. The van der Waals surface area contributed by atoms with Crippen LogP contribution >= 0.6 is 93.6 Å². The third-order valence-corrected chi connectivity index (χ3v) is 27.7. The number of rotatable bonds is 23. The standard InChI is InChI=1S/C19H27NO5S.C17H23NO7S.C14H21Cl3N2O4S.C14H23NO5S.C12H21NO4S/c1-11-12(2)18(20-13(3)21)19(26-17(11)10-24-14(4)22)25-16-8-6-15(23-5)7-9-16;1-9(19)18-14-16(22)15(21)13(8-24-10(2)20)26-17(14)25-12-6-4-11(23-3)5-7-12;1-6-7(2)11(19-8(3)20)12(23-13(18)14(15,16)17)24-10(6)5-22-9(4)21;1-7-8(2)13(15-9(3)16)14(20-11(5)18)21-12(7)6-19-10(4)17;1-6-7(2)11(13-8(3)14)12(16)18-10(6)5-17-9(4)15/h6-9,11-12,17-19H,10H2,1-5H3,(H,20,21);4-7,13-17,21-22H,8H2,1-3H3,(H,18,19);6-7,10-12,18H,5H2,1-4H3,(H,19,20);7-8,12-14H,6H2,1-5H3,(H,15,16);6-7,10-12,16H,5H2,1-4H3,(H,13,14)/t11-,12-,17?,18?,19+;13?,14?,15-,16-,17-;6-,7-,10?,11?,12-;7-,8-,12?,13?,14-;6-,7-,10?,11?,12-/m01000/s1. The van der Waals surface area contributed by atoms with Crippen molar-refractivity contribution in [3.63, 3.8) is 0 Å². The Balaban J connectivity index is 0.000000374. The van der Waals surface area contributed by atoms with Gasteiger partial charge >= 0.3 is 35.8 Å². The number of aliphatic hydroxyl groups excluding tert-OH is 3. The lowest BCUT2D eigenvalue weighted by Gasteiger charge is -2.44. The minimum absolute atomic E-state index is 0.00360. The zero-order chi connectivity index (χ0) is 87.2. The van der Waals surface area contributed by atoms with E-state index in [1.807, 2.05) is 65.8 Å². The first-order valence-electron chi connectivity index (χ1n) is 37.1. The van der Waals surface area contributed by atoms with E-state index < -0.39 is 66.9 Å². The molecule has 5 aliphatic rings. The lowest BCUT2D eigenvalue weighted by atomic mass is 9.86. The van der Waals surface area contributed by atoms with Gasteiger partial charge in [-0.25, -0.2) is 0 Å². The van der Waals surface area contributed by atoms with E-state index in [2.05, 4.69) is 40.4 Å². The maximum Gasteiger partial charge on any atom is 0.303 e. The molecule has 9 N–H and O–H groups in total. The molecule has 0 saturated carbocycles. The molecular weight excluding hydrogens is 1660 g/mol. The first-order valence-corrected chi connectivity index (χ1v) is 42.9. The van der Waals surface area contributed by atoms with Crippen LogP contribution in [0.15, 0.2) is 48.5 Å². The Labute approximate surface area is 709 Å². The molecule has 5 fully saturated rings. The molecule has 0 bridgehead atoms. The number of nitrogens with one attached hydrogen (secondary N) is 6. The number of halogens is 3. The number of carbonyl (C=O) groups excluding carboxylic acids is 11. The van der Waals surface area contributed by atoms with E-state index in [-0.39, 0.29) is 171 Å². The van der Waals surface area contributed by atoms with Gasteiger partial charge in [-0.3, -0.25) is 58.1 Å². The zero-order valence-corrected chi connectivity index (χ0v) is 74.9. The Morgan fingerprint density at radius 2 is 0.600 bits per heavy atom. The van der Waals surface area contributed by atoms with Crippen molar-refractivity contribution >= 4 is 165 Å². The minimum Gasteiger partial charge on any atom is -0.497 e. The van der Waals surface area contributed by atoms with Crippen molar-refractivity contribution in [2.75, 3.05) is 47.3 Å². The Hall–Kier alpha value is -6.22. The predicted molar refractivity (Wildman–Crippen MR) is 443 cm³/mol. The minimum atomic E-state index is -1.99. The van der Waals surface area contributed by atoms with Gasteiger partial charge in [0.25, 0.3) is 3.79 Å². The summed E-state index contributed by atoms with van der Waals surface area (Å²) in [6.45, 7) is 32.5. The monoisotopic (exact) mass is 1780 g/mol. The number of benzene rings is 2. The summed E-state index contributed by atoms with van der Waals surface area (Å²) in [6, 6.07) is 12.3. The van der Waals surface area contributed by atoms with Crippen molar-refractivity contribution < 1.29 is 120 Å². The van der Waals surface area contributed by atoms with E-state index in [0.717, 1.165) is 5.75 Å². The summed E-state index contributed by atoms with van der Waals surface area (Å²) in [5.74, 6) is 0.210. The van der Waals surface area contributed by atoms with Gasteiger partial charge in [0.1, 0.15) is 73.6 Å². The predicted octanol–water partition coefficient (Wildman–Crippen LogP) is 8.38. The molecule has 10 unspecified atom stereocenters. The fraction of sp³-hybridized carbons (Fsp3) is 0.684. The second kappa shape index (κ2) is 50.0. The molecule has 25 atom stereocenters. The van der Waals surface area contributed by atoms with Crippen LogP contribution in [0.1, 0.15) is 132 Å². The van der Waals surface area contributed by atoms with Gasteiger partial charge in [0.15, 0.2) is 21.7 Å². The van der Waals surface area contributed by atoms with Crippen LogP contribution < -0.4 is 45.5 Å². The topological polar surface area (TPSA) is 434 Å². The summed E-state index contributed by atoms with van der Waals surface area (Å²) in [7, 11) is 3.17. The first-order chi connectivity index (χ1) is 53.6. The molecule has 2 aromatic carbocycles. The smallest absolute Gasteiger partial charge is 0.303 e. The van der Waals surface area contributed by atoms with Crippen LogP contribution in [0.5, 0.6) is 23.0 Å². The van der Waals surface area contributed by atoms with E-state index in [4.69, 9.17) is 92.3 Å². The molecule has 7 rings (SSSR count). The van der Waals surface area contributed by atoms with Crippen molar-refractivity contribution in [2.45, 2.75) is 231 Å². The number of methoxy groups -OCH3 is 2. The van der Waals surface area contributed by atoms with Crippen LogP contribution in [-0.4, -0.2) is 233 Å². The SMILES string of the molecule is CC(=O)NC1[C@@H](C)[C@H](C)C(COC(C)=O)S[C@@H]1O.CC(=O)NC1[C@@H](C)[C@H](C)C(COC(C)=O)S[C@@H]1OC(=N)C(Cl)(Cl)Cl.CC(=O)NC1[C@@H](C)[C@H](C)C(COC(C)=O)S[C@@H]1OC(C)=O.COc1ccc(O[C@@H]2SC(COC(C)=O)[C@@H](C)[C@H](C)C2NC(C)=O)cc1.COc1ccc(O[C@@H]2SC(COC(C)=O)[C@@H](O)[C@H](O)C2NC(C)=O)cc1. The molecule has 115 heavy (non-hydrogen) atoms. The van der Waals surface area contributed by atoms with Gasteiger partial charge < -0.3 is 94.0 Å². The van der Waals surface area contributed by atoms with Crippen LogP contribution in [0.2, 0.25) is 0 Å². The second-order valence-corrected chi connectivity index (χ2v) is 37.4. The maximum absolute atomic E-state index is 11.7. The molecule has 0 aliphatic carbocycles. The number of ether oxygens (including phenoxy) is 11. The summed E-state index contributed by atoms with van der Waals surface area (Å²) in [5, 5.41) is 52.2. The van der Waals surface area contributed by atoms with Crippen LogP contribution in [-0.2, 0) is 85.9 Å². The Kier molecular flexibility index (Phi) is 44.8. The Bertz CT molecular complexity index is 3390. The lowest BCUT2D eigenvalue weighted by molar-refractivity contribution is -0.146. The van der Waals surface area contributed by atoms with Gasteiger partial charge in [-0.1, -0.05) is 90.2 Å². The van der Waals surface area contributed by atoms with Crippen molar-refractivity contribution in [3.8, 4) is 23.0 Å². The van der Waals surface area contributed by atoms with Gasteiger partial charge in [0.2, 0.25) is 35.4 Å². The van der Waals surface area contributed by atoms with Crippen LogP contribution in [0.3, 0.4) is 0 Å². The molecule has 5 saturated heterocycles. The fourth-order valence-electron chi connectivity index (χ4n) is 12.5. The van der Waals surface area contributed by atoms with Crippen molar-refractivity contribution in [1.29, 1.82) is 5.41 Å². The van der Waals surface area contributed by atoms with E-state index in [1.54, 1.807) is 50.2 Å². The first kappa shape index (κ1) is 103. The molecule has 5 aliphatic heterocycles. The highest BCUT2D eigenvalue weighted by molar-refractivity contribution is 8.01. The summed E-state index contributed by atoms with van der Waals surface area (Å²) in [5.41, 5.74) is -2.74. The zero-order valence-electron chi connectivity index (χ0n) is 68.6. The quantitative estimate of drug-likeness (QED) is 0.0166. The molecule has 0 aromatic heterocycles. The second-order valence-electron chi connectivity index (χ2n) is 28.4. The summed E-state index contributed by atoms with van der Waals surface area (Å²) in [4.78, 5) is 123. The molecule has 650 valence electrons. The van der Waals surface area contributed by atoms with Crippen LogP contribution in [0.25, 0.3) is 0 Å². The van der Waals surface area contributed by atoms with Crippen LogP contribution in [0.4, 0.5) is 0 Å². The highest BCUT2D eigenvalue weighted by atomic mass is 35.6. The third-order valence-electron chi connectivity index (χ3n) is 19.6. The number of amides is 5. The number of esters is 6. The van der Waals surface area contributed by atoms with Gasteiger partial charge in [0.05, 0.1) is 49.7 Å². The largest absolute Gasteiger partial charge is 0.497 e. The molecule has 0 radical (unpaired) electrons. The highest BCUT2D eigenvalue weighted by Gasteiger charge is 2.50. The van der Waals surface area contributed by atoms with Crippen molar-refractivity contribution in [2.24, 2.45) is 47.3 Å². The van der Waals surface area contributed by atoms with Gasteiger partial charge in [-0.05, 0) is 95.9 Å².